The fourth-order valence-electron chi connectivity index (χ4n) is 3.12. The Bertz CT molecular complexity index is 1100. The minimum absolute atomic E-state index is 0.233. The molecular weight excluding hydrogens is 330 g/mol. The molecule has 1 atom stereocenters. The summed E-state index contributed by atoms with van der Waals surface area (Å²) < 4.78 is 5.63. The van der Waals surface area contributed by atoms with Crippen LogP contribution in [0.4, 0.5) is 5.69 Å². The molecule has 1 unspecified atom stereocenters. The topological polar surface area (TPSA) is 82.4 Å². The van der Waals surface area contributed by atoms with Crippen molar-refractivity contribution in [3.05, 3.63) is 70.8 Å². The predicted molar refractivity (Wildman–Crippen MR) is 101 cm³/mol. The lowest BCUT2D eigenvalue weighted by atomic mass is 10.2. The number of furan rings is 1. The first-order chi connectivity index (χ1) is 12.6. The SMILES string of the molecule is CC(O)CN(Cc1nc2c(oc3ccccc32)c(=O)[nH]1)c1ccccc1. The number of benzene rings is 2. The van der Waals surface area contributed by atoms with Crippen molar-refractivity contribution < 1.29 is 9.52 Å². The van der Waals surface area contributed by atoms with Gasteiger partial charge in [0, 0.05) is 17.6 Å². The van der Waals surface area contributed by atoms with Gasteiger partial charge in [-0.2, -0.15) is 0 Å². The molecule has 0 amide bonds. The third-order valence-electron chi connectivity index (χ3n) is 4.23. The van der Waals surface area contributed by atoms with Gasteiger partial charge in [-0.3, -0.25) is 4.79 Å². The first kappa shape index (κ1) is 16.4. The van der Waals surface area contributed by atoms with Crippen molar-refractivity contribution in [1.82, 2.24) is 9.97 Å². The Kier molecular flexibility index (Phi) is 4.18. The third kappa shape index (κ3) is 3.07. The van der Waals surface area contributed by atoms with Crippen LogP contribution in [0, 0.1) is 0 Å². The summed E-state index contributed by atoms with van der Waals surface area (Å²) in [7, 11) is 0. The first-order valence-electron chi connectivity index (χ1n) is 8.50. The highest BCUT2D eigenvalue weighted by atomic mass is 16.3. The number of aliphatic hydroxyl groups excluding tert-OH is 1. The molecule has 0 spiro atoms. The molecule has 0 aliphatic carbocycles. The van der Waals surface area contributed by atoms with Gasteiger partial charge in [0.2, 0.25) is 5.58 Å². The molecular formula is C20H19N3O3. The van der Waals surface area contributed by atoms with Gasteiger partial charge in [-0.1, -0.05) is 30.3 Å². The first-order valence-corrected chi connectivity index (χ1v) is 8.50. The van der Waals surface area contributed by atoms with E-state index in [0.29, 0.717) is 30.0 Å². The Hall–Kier alpha value is -3.12. The zero-order chi connectivity index (χ0) is 18.1. The Morgan fingerprint density at radius 1 is 1.15 bits per heavy atom. The lowest BCUT2D eigenvalue weighted by Crippen LogP contribution is -2.32. The maximum atomic E-state index is 12.5. The van der Waals surface area contributed by atoms with E-state index in [1.54, 1.807) is 6.92 Å². The smallest absolute Gasteiger partial charge is 0.294 e. The second-order valence-corrected chi connectivity index (χ2v) is 6.35. The molecule has 0 radical (unpaired) electrons. The van der Waals surface area contributed by atoms with Gasteiger partial charge in [-0.05, 0) is 31.2 Å². The Balaban J connectivity index is 1.77. The highest BCUT2D eigenvalue weighted by Crippen LogP contribution is 2.25. The molecule has 0 saturated carbocycles. The molecule has 2 N–H and O–H groups in total. The lowest BCUT2D eigenvalue weighted by molar-refractivity contribution is 0.199. The van der Waals surface area contributed by atoms with Crippen LogP contribution < -0.4 is 10.5 Å². The zero-order valence-corrected chi connectivity index (χ0v) is 14.3. The second kappa shape index (κ2) is 6.65. The maximum absolute atomic E-state index is 12.5. The van der Waals surface area contributed by atoms with Crippen LogP contribution in [-0.4, -0.2) is 27.7 Å². The number of H-pyrrole nitrogens is 1. The van der Waals surface area contributed by atoms with E-state index in [1.807, 2.05) is 59.5 Å². The van der Waals surface area contributed by atoms with Crippen LogP contribution >= 0.6 is 0 Å². The fourth-order valence-corrected chi connectivity index (χ4v) is 3.12. The van der Waals surface area contributed by atoms with Crippen molar-refractivity contribution in [3.63, 3.8) is 0 Å². The van der Waals surface area contributed by atoms with Crippen molar-refractivity contribution in [2.45, 2.75) is 19.6 Å². The molecule has 4 aromatic rings. The number of rotatable bonds is 5. The van der Waals surface area contributed by atoms with E-state index >= 15 is 0 Å². The average molecular weight is 349 g/mol. The highest BCUT2D eigenvalue weighted by Gasteiger charge is 2.16. The summed E-state index contributed by atoms with van der Waals surface area (Å²) in [6.45, 7) is 2.54. The van der Waals surface area contributed by atoms with Crippen molar-refractivity contribution in [3.8, 4) is 0 Å². The Labute approximate surface area is 149 Å². The van der Waals surface area contributed by atoms with Crippen LogP contribution in [0.5, 0.6) is 0 Å². The number of fused-ring (bicyclic) bond motifs is 3. The number of hydrogen-bond acceptors (Lipinski definition) is 5. The van der Waals surface area contributed by atoms with Gasteiger partial charge in [0.15, 0.2) is 0 Å². The molecule has 2 heterocycles. The standard InChI is InChI=1S/C20H19N3O3/c1-13(24)11-23(14-7-3-2-4-8-14)12-17-21-18-15-9-5-6-10-16(15)26-19(18)20(25)22-17/h2-10,13,24H,11-12H2,1H3,(H,21,22,25). The number of nitrogens with one attached hydrogen (secondary N) is 1. The summed E-state index contributed by atoms with van der Waals surface area (Å²) >= 11 is 0. The summed E-state index contributed by atoms with van der Waals surface area (Å²) in [5.74, 6) is 0.526. The van der Waals surface area contributed by atoms with E-state index in [-0.39, 0.29) is 11.1 Å². The molecule has 6 nitrogen and oxygen atoms in total. The summed E-state index contributed by atoms with van der Waals surface area (Å²) in [4.78, 5) is 21.9. The molecule has 0 saturated heterocycles. The van der Waals surface area contributed by atoms with Crippen LogP contribution in [0.25, 0.3) is 22.1 Å². The van der Waals surface area contributed by atoms with Crippen LogP contribution in [-0.2, 0) is 6.54 Å². The van der Waals surface area contributed by atoms with Gasteiger partial charge in [0.05, 0.1) is 12.6 Å². The molecule has 0 aliphatic heterocycles. The minimum atomic E-state index is -0.514. The molecule has 26 heavy (non-hydrogen) atoms. The van der Waals surface area contributed by atoms with Gasteiger partial charge in [0.1, 0.15) is 16.9 Å². The van der Waals surface area contributed by atoms with Crippen molar-refractivity contribution >= 4 is 27.8 Å². The largest absolute Gasteiger partial charge is 0.449 e. The summed E-state index contributed by atoms with van der Waals surface area (Å²) in [5, 5.41) is 10.7. The highest BCUT2D eigenvalue weighted by molar-refractivity contribution is 6.01. The number of aliphatic hydroxyl groups is 1. The Morgan fingerprint density at radius 3 is 2.65 bits per heavy atom. The number of aromatic amines is 1. The Morgan fingerprint density at radius 2 is 1.88 bits per heavy atom. The van der Waals surface area contributed by atoms with E-state index in [1.165, 1.54) is 0 Å². The fraction of sp³-hybridized carbons (Fsp3) is 0.200. The van der Waals surface area contributed by atoms with Crippen molar-refractivity contribution in [2.75, 3.05) is 11.4 Å². The lowest BCUT2D eigenvalue weighted by Gasteiger charge is -2.25. The number of anilines is 1. The molecule has 132 valence electrons. The normalized spacial score (nSPS) is 12.5. The van der Waals surface area contributed by atoms with Crippen LogP contribution in [0.1, 0.15) is 12.7 Å². The van der Waals surface area contributed by atoms with E-state index in [0.717, 1.165) is 11.1 Å². The van der Waals surface area contributed by atoms with E-state index in [9.17, 15) is 9.90 Å². The van der Waals surface area contributed by atoms with Gasteiger partial charge in [-0.15, -0.1) is 0 Å². The van der Waals surface area contributed by atoms with Crippen molar-refractivity contribution in [1.29, 1.82) is 0 Å². The molecule has 2 aromatic carbocycles. The maximum Gasteiger partial charge on any atom is 0.294 e. The van der Waals surface area contributed by atoms with Gasteiger partial charge >= 0.3 is 0 Å². The number of para-hydroxylation sites is 2. The van der Waals surface area contributed by atoms with E-state index in [2.05, 4.69) is 9.97 Å². The zero-order valence-electron chi connectivity index (χ0n) is 14.3. The predicted octanol–water partition coefficient (Wildman–Crippen LogP) is 3.06. The second-order valence-electron chi connectivity index (χ2n) is 6.35. The van der Waals surface area contributed by atoms with Crippen LogP contribution in [0.3, 0.4) is 0 Å². The van der Waals surface area contributed by atoms with E-state index < -0.39 is 6.10 Å². The molecule has 0 bridgehead atoms. The molecule has 6 heteroatoms. The third-order valence-corrected chi connectivity index (χ3v) is 4.23. The van der Waals surface area contributed by atoms with Gasteiger partial charge in [0.25, 0.3) is 5.56 Å². The van der Waals surface area contributed by atoms with Gasteiger partial charge < -0.3 is 19.4 Å². The molecule has 0 fully saturated rings. The molecule has 0 aliphatic rings. The molecule has 2 aromatic heterocycles. The quantitative estimate of drug-likeness (QED) is 0.579. The van der Waals surface area contributed by atoms with Gasteiger partial charge in [-0.25, -0.2) is 4.98 Å². The van der Waals surface area contributed by atoms with Crippen LogP contribution in [0.15, 0.2) is 63.8 Å². The number of hydrogen-bond donors (Lipinski definition) is 2. The van der Waals surface area contributed by atoms with Crippen molar-refractivity contribution in [2.24, 2.45) is 0 Å². The summed E-state index contributed by atoms with van der Waals surface area (Å²) in [5.41, 5.74) is 2.09. The average Bonchev–Trinajstić information content (AvgIpc) is 3.01. The minimum Gasteiger partial charge on any atom is -0.449 e. The summed E-state index contributed by atoms with van der Waals surface area (Å²) in [6, 6.07) is 17.2. The number of aromatic nitrogens is 2. The molecule has 4 rings (SSSR count). The van der Waals surface area contributed by atoms with Crippen LogP contribution in [0.2, 0.25) is 0 Å². The monoisotopic (exact) mass is 349 g/mol. The number of nitrogens with zero attached hydrogens (tertiary/aromatic N) is 2. The summed E-state index contributed by atoms with van der Waals surface area (Å²) in [6.07, 6.45) is -0.514. The van der Waals surface area contributed by atoms with E-state index in [4.69, 9.17) is 4.42 Å².